The Bertz CT molecular complexity index is 686. The number of hydrogen-bond donors (Lipinski definition) is 1. The van der Waals surface area contributed by atoms with Crippen LogP contribution in [0.2, 0.25) is 0 Å². The van der Waals surface area contributed by atoms with Crippen LogP contribution in [-0.2, 0) is 6.42 Å². The molecule has 1 nitrogen and oxygen atoms in total. The summed E-state index contributed by atoms with van der Waals surface area (Å²) in [7, 11) is 0. The third-order valence-electron chi connectivity index (χ3n) is 5.10. The summed E-state index contributed by atoms with van der Waals surface area (Å²) in [6.45, 7) is 28.5. The maximum absolute atomic E-state index is 3.93. The largest absolute Gasteiger partial charge is 0.386 e. The molecule has 0 heterocycles. The van der Waals surface area contributed by atoms with E-state index in [-0.39, 0.29) is 0 Å². The van der Waals surface area contributed by atoms with E-state index in [1.807, 2.05) is 54.5 Å². The van der Waals surface area contributed by atoms with Crippen LogP contribution in [0.4, 0.5) is 0 Å². The van der Waals surface area contributed by atoms with Gasteiger partial charge in [0.1, 0.15) is 0 Å². The second-order valence-corrected chi connectivity index (χ2v) is 7.40. The molecule has 0 fully saturated rings. The molecular weight excluding hydrogens is 398 g/mol. The van der Waals surface area contributed by atoms with E-state index in [0.717, 1.165) is 24.5 Å². The molecule has 2 atom stereocenters. The van der Waals surface area contributed by atoms with Crippen LogP contribution in [0, 0.1) is 5.92 Å². The monoisotopic (exact) mass is 455 g/mol. The zero-order valence-electron chi connectivity index (χ0n) is 23.9. The van der Waals surface area contributed by atoms with E-state index in [9.17, 15) is 0 Å². The summed E-state index contributed by atoms with van der Waals surface area (Å²) in [5.74, 6) is 0.750. The number of fused-ring (bicyclic) bond motifs is 1. The summed E-state index contributed by atoms with van der Waals surface area (Å²) in [5, 5.41) is 6.15. The van der Waals surface area contributed by atoms with Crippen LogP contribution in [0.15, 0.2) is 67.4 Å². The van der Waals surface area contributed by atoms with Gasteiger partial charge in [0.25, 0.3) is 0 Å². The number of unbranched alkanes of at least 4 members (excludes halogenated alkanes) is 1. The Morgan fingerprint density at radius 1 is 0.909 bits per heavy atom. The molecule has 1 N–H and O–H groups in total. The van der Waals surface area contributed by atoms with Crippen molar-refractivity contribution in [3.05, 3.63) is 73.0 Å². The van der Waals surface area contributed by atoms with E-state index in [2.05, 4.69) is 81.7 Å². The average Bonchev–Trinajstić information content (AvgIpc) is 2.88. The van der Waals surface area contributed by atoms with Crippen LogP contribution in [0.25, 0.3) is 10.8 Å². The fourth-order valence-electron chi connectivity index (χ4n) is 3.48. The second kappa shape index (κ2) is 26.2. The summed E-state index contributed by atoms with van der Waals surface area (Å²) < 4.78 is 0. The first kappa shape index (κ1) is 35.6. The summed E-state index contributed by atoms with van der Waals surface area (Å²) in [6.07, 6.45) is 9.31. The zero-order chi connectivity index (χ0) is 26.1. The number of hydrogen-bond acceptors (Lipinski definition) is 1. The minimum atomic E-state index is 0.525. The number of benzene rings is 2. The van der Waals surface area contributed by atoms with Gasteiger partial charge in [0.15, 0.2) is 0 Å². The van der Waals surface area contributed by atoms with Gasteiger partial charge < -0.3 is 5.32 Å². The summed E-state index contributed by atoms with van der Waals surface area (Å²) in [6, 6.07) is 15.6. The lowest BCUT2D eigenvalue weighted by atomic mass is 9.89. The number of allylic oxidation sites excluding steroid dienone is 1. The first-order chi connectivity index (χ1) is 16.0. The first-order valence-electron chi connectivity index (χ1n) is 13.6. The molecule has 2 unspecified atom stereocenters. The van der Waals surface area contributed by atoms with Gasteiger partial charge in [-0.2, -0.15) is 0 Å². The molecule has 0 spiro atoms. The molecule has 0 aliphatic carbocycles. The average molecular weight is 456 g/mol. The van der Waals surface area contributed by atoms with Crippen molar-refractivity contribution >= 4 is 10.8 Å². The van der Waals surface area contributed by atoms with Crippen LogP contribution in [-0.4, -0.2) is 6.04 Å². The number of nitrogens with one attached hydrogen (secondary N) is 1. The molecule has 0 aliphatic rings. The van der Waals surface area contributed by atoms with E-state index in [1.165, 1.54) is 42.0 Å². The highest BCUT2D eigenvalue weighted by Gasteiger charge is 2.17. The highest BCUT2D eigenvalue weighted by Crippen LogP contribution is 2.20. The van der Waals surface area contributed by atoms with Gasteiger partial charge in [-0.05, 0) is 48.4 Å². The molecule has 1 heteroatoms. The topological polar surface area (TPSA) is 12.0 Å². The Kier molecular flexibility index (Phi) is 28.3. The molecule has 0 aromatic heterocycles. The molecule has 33 heavy (non-hydrogen) atoms. The molecule has 0 bridgehead atoms. The zero-order valence-corrected chi connectivity index (χ0v) is 23.9. The Morgan fingerprint density at radius 2 is 1.48 bits per heavy atom. The molecule has 2 rings (SSSR count). The summed E-state index contributed by atoms with van der Waals surface area (Å²) in [5.41, 5.74) is 2.48. The summed E-state index contributed by atoms with van der Waals surface area (Å²) in [4.78, 5) is 0. The van der Waals surface area contributed by atoms with Gasteiger partial charge in [-0.3, -0.25) is 0 Å². The Morgan fingerprint density at radius 3 is 1.94 bits per heavy atom. The van der Waals surface area contributed by atoms with Crippen molar-refractivity contribution in [1.29, 1.82) is 0 Å². The fourth-order valence-corrected chi connectivity index (χ4v) is 3.48. The van der Waals surface area contributed by atoms with E-state index < -0.39 is 0 Å². The van der Waals surface area contributed by atoms with Crippen molar-refractivity contribution in [3.63, 3.8) is 0 Å². The Hall–Kier alpha value is -2.02. The minimum absolute atomic E-state index is 0.525. The predicted molar refractivity (Wildman–Crippen MR) is 157 cm³/mol. The van der Waals surface area contributed by atoms with Gasteiger partial charge in [0, 0.05) is 11.7 Å². The molecule has 0 saturated carbocycles. The van der Waals surface area contributed by atoms with E-state index in [4.69, 9.17) is 0 Å². The van der Waals surface area contributed by atoms with Gasteiger partial charge in [0.05, 0.1) is 0 Å². The first-order valence-corrected chi connectivity index (χ1v) is 13.6. The lowest BCUT2D eigenvalue weighted by molar-refractivity contribution is 0.336. The maximum atomic E-state index is 3.93. The molecule has 0 aliphatic heterocycles. The molecule has 190 valence electrons. The quantitative estimate of drug-likeness (QED) is 0.351. The third kappa shape index (κ3) is 17.2. The number of rotatable bonds is 10. The Labute approximate surface area is 208 Å². The molecule has 2 aromatic rings. The molecule has 2 aromatic carbocycles. The highest BCUT2D eigenvalue weighted by molar-refractivity contribution is 5.82. The lowest BCUT2D eigenvalue weighted by Gasteiger charge is -2.27. The number of aryl methyl sites for hydroxylation is 1. The molecule has 0 radical (unpaired) electrons. The fraction of sp³-hybridized carbons (Fsp3) is 0.562. The lowest BCUT2D eigenvalue weighted by Crippen LogP contribution is -2.34. The van der Waals surface area contributed by atoms with Crippen molar-refractivity contribution in [2.24, 2.45) is 5.92 Å². The van der Waals surface area contributed by atoms with Crippen molar-refractivity contribution in [1.82, 2.24) is 5.32 Å². The van der Waals surface area contributed by atoms with Gasteiger partial charge >= 0.3 is 0 Å². The normalized spacial score (nSPS) is 10.8. The second-order valence-electron chi connectivity index (χ2n) is 7.40. The standard InChI is InChI=1S/C14H27N.C12H12.3C2H6/c1-6-9-11-13(8-3)14(10-7-2)15-12(4)5;1-2-10-7-8-11-5-3-4-6-12(11)9-10;3*1-2/h7,13-15H,2,4,6,8-11H2,1,3,5H3;3-9H,2H2,1H3;3*1-2H3. The predicted octanol–water partition coefficient (Wildman–Crippen LogP) is 10.8. The van der Waals surface area contributed by atoms with Crippen molar-refractivity contribution in [2.75, 3.05) is 0 Å². The molecule has 0 saturated heterocycles. The molecule has 0 amide bonds. The minimum Gasteiger partial charge on any atom is -0.386 e. The smallest absolute Gasteiger partial charge is 0.0320 e. The van der Waals surface area contributed by atoms with Gasteiger partial charge in [-0.25, -0.2) is 0 Å². The maximum Gasteiger partial charge on any atom is 0.0320 e. The third-order valence-corrected chi connectivity index (χ3v) is 5.10. The van der Waals surface area contributed by atoms with Crippen molar-refractivity contribution < 1.29 is 0 Å². The van der Waals surface area contributed by atoms with Crippen LogP contribution >= 0.6 is 0 Å². The van der Waals surface area contributed by atoms with Gasteiger partial charge in [-0.15, -0.1) is 6.58 Å². The van der Waals surface area contributed by atoms with E-state index >= 15 is 0 Å². The Balaban J connectivity index is -0.000000448. The molecular formula is C32H57N. The van der Waals surface area contributed by atoms with Crippen LogP contribution in [0.1, 0.15) is 107 Å². The van der Waals surface area contributed by atoms with Crippen molar-refractivity contribution in [3.8, 4) is 0 Å². The summed E-state index contributed by atoms with van der Waals surface area (Å²) >= 11 is 0. The van der Waals surface area contributed by atoms with Gasteiger partial charge in [0.2, 0.25) is 0 Å². The van der Waals surface area contributed by atoms with E-state index in [0.29, 0.717) is 6.04 Å². The van der Waals surface area contributed by atoms with Crippen LogP contribution < -0.4 is 5.32 Å². The SMILES string of the molecule is C=CCC(NC(=C)C)C(CC)CCCC.CC.CC.CC.CCc1ccc2ccccc2c1. The van der Waals surface area contributed by atoms with Crippen LogP contribution in [0.5, 0.6) is 0 Å². The van der Waals surface area contributed by atoms with E-state index in [1.54, 1.807) is 0 Å². The van der Waals surface area contributed by atoms with Crippen LogP contribution in [0.3, 0.4) is 0 Å². The van der Waals surface area contributed by atoms with Crippen molar-refractivity contribution in [2.45, 2.75) is 114 Å². The van der Waals surface area contributed by atoms with Gasteiger partial charge in [-0.1, -0.05) is 137 Å². The highest BCUT2D eigenvalue weighted by atomic mass is 14.9.